The van der Waals surface area contributed by atoms with Crippen molar-refractivity contribution >= 4 is 27.3 Å². The molecule has 1 aromatic rings. The van der Waals surface area contributed by atoms with E-state index in [-0.39, 0.29) is 23.2 Å². The standard InChI is InChI=1S/C12H17ClN2O4S/c1-9(7-13)8-20(18,19)14-10(2)11-4-3-5-12(6-11)15(16)17/h3-6,9-10,14H,7-8H2,1-2H3. The SMILES string of the molecule is CC(CCl)CS(=O)(=O)NC(C)c1cccc([N+](=O)[O-])c1. The average Bonchev–Trinajstić information content (AvgIpc) is 2.37. The molecule has 0 fully saturated rings. The largest absolute Gasteiger partial charge is 0.269 e. The van der Waals surface area contributed by atoms with Gasteiger partial charge in [0, 0.05) is 24.1 Å². The lowest BCUT2D eigenvalue weighted by Gasteiger charge is -2.16. The van der Waals surface area contributed by atoms with Gasteiger partial charge in [0.15, 0.2) is 0 Å². The van der Waals surface area contributed by atoms with Crippen molar-refractivity contribution in [1.82, 2.24) is 4.72 Å². The minimum absolute atomic E-state index is 0.0670. The third-order valence-electron chi connectivity index (χ3n) is 2.70. The predicted octanol–water partition coefficient (Wildman–Crippen LogP) is 2.45. The number of hydrogen-bond donors (Lipinski definition) is 1. The first-order chi connectivity index (χ1) is 9.25. The molecule has 0 heterocycles. The van der Waals surface area contributed by atoms with Crippen molar-refractivity contribution in [1.29, 1.82) is 0 Å². The van der Waals surface area contributed by atoms with E-state index in [9.17, 15) is 18.5 Å². The fourth-order valence-electron chi connectivity index (χ4n) is 1.71. The second kappa shape index (κ2) is 7.01. The highest BCUT2D eigenvalue weighted by Gasteiger charge is 2.19. The number of nitrogens with one attached hydrogen (secondary N) is 1. The summed E-state index contributed by atoms with van der Waals surface area (Å²) in [4.78, 5) is 10.2. The van der Waals surface area contributed by atoms with Gasteiger partial charge in [0.2, 0.25) is 10.0 Å². The maximum Gasteiger partial charge on any atom is 0.269 e. The van der Waals surface area contributed by atoms with Crippen LogP contribution in [-0.2, 0) is 10.0 Å². The van der Waals surface area contributed by atoms with Crippen molar-refractivity contribution in [3.63, 3.8) is 0 Å². The molecule has 1 rings (SSSR count). The fraction of sp³-hybridized carbons (Fsp3) is 0.500. The summed E-state index contributed by atoms with van der Waals surface area (Å²) in [5.41, 5.74) is 0.476. The van der Waals surface area contributed by atoms with Crippen LogP contribution in [0, 0.1) is 16.0 Å². The highest BCUT2D eigenvalue weighted by Crippen LogP contribution is 2.20. The van der Waals surface area contributed by atoms with Crippen molar-refractivity contribution in [3.05, 3.63) is 39.9 Å². The molecule has 0 saturated carbocycles. The minimum Gasteiger partial charge on any atom is -0.258 e. The summed E-state index contributed by atoms with van der Waals surface area (Å²) in [7, 11) is -3.48. The maximum atomic E-state index is 11.9. The van der Waals surface area contributed by atoms with Crippen molar-refractivity contribution < 1.29 is 13.3 Å². The fourth-order valence-corrected chi connectivity index (χ4v) is 3.59. The van der Waals surface area contributed by atoms with Gasteiger partial charge in [0.05, 0.1) is 10.7 Å². The molecule has 0 bridgehead atoms. The Balaban J connectivity index is 2.83. The highest BCUT2D eigenvalue weighted by molar-refractivity contribution is 7.89. The number of nitrogens with zero attached hydrogens (tertiary/aromatic N) is 1. The van der Waals surface area contributed by atoms with E-state index in [0.717, 1.165) is 0 Å². The average molecular weight is 321 g/mol. The molecule has 0 radical (unpaired) electrons. The Morgan fingerprint density at radius 2 is 2.05 bits per heavy atom. The Morgan fingerprint density at radius 1 is 1.40 bits per heavy atom. The van der Waals surface area contributed by atoms with Crippen molar-refractivity contribution in [3.8, 4) is 0 Å². The highest BCUT2D eigenvalue weighted by atomic mass is 35.5. The normalized spacial score (nSPS) is 14.8. The summed E-state index contributed by atoms with van der Waals surface area (Å²) in [5.74, 6) is 0.0217. The van der Waals surface area contributed by atoms with Crippen LogP contribution in [0.4, 0.5) is 5.69 Å². The van der Waals surface area contributed by atoms with Gasteiger partial charge >= 0.3 is 0 Å². The van der Waals surface area contributed by atoms with E-state index in [1.807, 2.05) is 0 Å². The molecule has 0 spiro atoms. The molecule has 0 aliphatic carbocycles. The molecule has 1 N–H and O–H groups in total. The van der Waals surface area contributed by atoms with E-state index in [4.69, 9.17) is 11.6 Å². The minimum atomic E-state index is -3.48. The molecule has 112 valence electrons. The van der Waals surface area contributed by atoms with Crippen LogP contribution >= 0.6 is 11.6 Å². The zero-order chi connectivity index (χ0) is 15.3. The molecule has 0 aromatic heterocycles. The molecule has 6 nitrogen and oxygen atoms in total. The third-order valence-corrected chi connectivity index (χ3v) is 4.95. The summed E-state index contributed by atoms with van der Waals surface area (Å²) < 4.78 is 26.3. The molecule has 0 aliphatic heterocycles. The van der Waals surface area contributed by atoms with Crippen LogP contribution in [0.15, 0.2) is 24.3 Å². The van der Waals surface area contributed by atoms with Crippen LogP contribution < -0.4 is 4.72 Å². The summed E-state index contributed by atoms with van der Waals surface area (Å²) in [6, 6.07) is 5.35. The van der Waals surface area contributed by atoms with Crippen LogP contribution in [0.1, 0.15) is 25.5 Å². The van der Waals surface area contributed by atoms with Crippen LogP contribution in [0.25, 0.3) is 0 Å². The first kappa shape index (κ1) is 16.9. The van der Waals surface area contributed by atoms with E-state index in [1.165, 1.54) is 18.2 Å². The number of nitro benzene ring substituents is 1. The smallest absolute Gasteiger partial charge is 0.258 e. The Bertz CT molecular complexity index is 577. The molecule has 0 aliphatic rings. The molecule has 0 amide bonds. The second-order valence-electron chi connectivity index (χ2n) is 4.73. The van der Waals surface area contributed by atoms with Crippen LogP contribution in [0.3, 0.4) is 0 Å². The topological polar surface area (TPSA) is 89.3 Å². The van der Waals surface area contributed by atoms with Gasteiger partial charge in [0.25, 0.3) is 5.69 Å². The Kier molecular flexibility index (Phi) is 5.91. The van der Waals surface area contributed by atoms with Crippen molar-refractivity contribution in [2.45, 2.75) is 19.9 Å². The van der Waals surface area contributed by atoms with Gasteiger partial charge in [-0.25, -0.2) is 13.1 Å². The first-order valence-corrected chi connectivity index (χ1v) is 8.24. The number of alkyl halides is 1. The van der Waals surface area contributed by atoms with E-state index >= 15 is 0 Å². The number of hydrogen-bond acceptors (Lipinski definition) is 4. The lowest BCUT2D eigenvalue weighted by molar-refractivity contribution is -0.384. The van der Waals surface area contributed by atoms with Crippen molar-refractivity contribution in [2.75, 3.05) is 11.6 Å². The van der Waals surface area contributed by atoms with Gasteiger partial charge in [-0.1, -0.05) is 19.1 Å². The van der Waals surface area contributed by atoms with Gasteiger partial charge < -0.3 is 0 Å². The number of sulfonamides is 1. The van der Waals surface area contributed by atoms with E-state index < -0.39 is 21.0 Å². The van der Waals surface area contributed by atoms with E-state index in [0.29, 0.717) is 5.56 Å². The molecule has 1 aromatic carbocycles. The molecule has 20 heavy (non-hydrogen) atoms. The first-order valence-electron chi connectivity index (χ1n) is 6.05. The summed E-state index contributed by atoms with van der Waals surface area (Å²) in [6.07, 6.45) is 0. The van der Waals surface area contributed by atoms with Gasteiger partial charge in [-0.05, 0) is 18.4 Å². The second-order valence-corrected chi connectivity index (χ2v) is 6.84. The Morgan fingerprint density at radius 3 is 2.60 bits per heavy atom. The Labute approximate surface area is 123 Å². The molecule has 2 unspecified atom stereocenters. The summed E-state index contributed by atoms with van der Waals surface area (Å²) in [6.45, 7) is 3.38. The van der Waals surface area contributed by atoms with Crippen LogP contribution in [0.2, 0.25) is 0 Å². The molecule has 0 saturated heterocycles. The predicted molar refractivity (Wildman–Crippen MR) is 78.3 cm³/mol. The number of non-ortho nitro benzene ring substituents is 1. The lowest BCUT2D eigenvalue weighted by atomic mass is 10.1. The molecular weight excluding hydrogens is 304 g/mol. The molecular formula is C12H17ClN2O4S. The Hall–Kier alpha value is -1.18. The van der Waals surface area contributed by atoms with E-state index in [1.54, 1.807) is 19.9 Å². The van der Waals surface area contributed by atoms with Gasteiger partial charge in [-0.3, -0.25) is 10.1 Å². The quantitative estimate of drug-likeness (QED) is 0.474. The number of benzene rings is 1. The van der Waals surface area contributed by atoms with E-state index in [2.05, 4.69) is 4.72 Å². The van der Waals surface area contributed by atoms with Crippen molar-refractivity contribution in [2.24, 2.45) is 5.92 Å². The summed E-state index contributed by atoms with van der Waals surface area (Å²) in [5, 5.41) is 10.7. The van der Waals surface area contributed by atoms with Gasteiger partial charge in [-0.2, -0.15) is 0 Å². The lowest BCUT2D eigenvalue weighted by Crippen LogP contribution is -2.31. The summed E-state index contributed by atoms with van der Waals surface area (Å²) >= 11 is 5.60. The molecule has 8 heteroatoms. The molecule has 2 atom stereocenters. The number of halogens is 1. The zero-order valence-electron chi connectivity index (χ0n) is 11.2. The van der Waals surface area contributed by atoms with Crippen LogP contribution in [0.5, 0.6) is 0 Å². The third kappa shape index (κ3) is 5.07. The monoisotopic (exact) mass is 320 g/mol. The maximum absolute atomic E-state index is 11.9. The number of rotatable bonds is 7. The van der Waals surface area contributed by atoms with Crippen LogP contribution in [-0.4, -0.2) is 25.0 Å². The number of nitro groups is 1. The van der Waals surface area contributed by atoms with Gasteiger partial charge in [-0.15, -0.1) is 11.6 Å². The zero-order valence-corrected chi connectivity index (χ0v) is 12.8. The van der Waals surface area contributed by atoms with Gasteiger partial charge in [0.1, 0.15) is 0 Å².